The molecule has 1 heterocycles. The predicted octanol–water partition coefficient (Wildman–Crippen LogP) is 3.17. The molecule has 0 aliphatic carbocycles. The van der Waals surface area contributed by atoms with Crippen molar-refractivity contribution in [3.05, 3.63) is 53.9 Å². The maximum atomic E-state index is 12.1. The summed E-state index contributed by atoms with van der Waals surface area (Å²) in [4.78, 5) is 16.8. The third-order valence-electron chi connectivity index (χ3n) is 4.39. The Morgan fingerprint density at radius 3 is 2.59 bits per heavy atom. The number of aliphatic imine (C=N–C) groups is 1. The second-order valence-electron chi connectivity index (χ2n) is 6.72. The van der Waals surface area contributed by atoms with Crippen LogP contribution in [-0.4, -0.2) is 40.8 Å². The molecule has 0 saturated carbocycles. The molecule has 2 rings (SSSR count). The Morgan fingerprint density at radius 2 is 1.97 bits per heavy atom. The Balaban J connectivity index is 0.00000420. The van der Waals surface area contributed by atoms with Crippen LogP contribution in [0.25, 0.3) is 0 Å². The number of guanidine groups is 1. The molecule has 0 bridgehead atoms. The van der Waals surface area contributed by atoms with Crippen LogP contribution in [0.5, 0.6) is 0 Å². The van der Waals surface area contributed by atoms with Gasteiger partial charge >= 0.3 is 0 Å². The van der Waals surface area contributed by atoms with Crippen LogP contribution in [0.1, 0.15) is 49.5 Å². The fourth-order valence-electron chi connectivity index (χ4n) is 2.56. The van der Waals surface area contributed by atoms with E-state index in [0.29, 0.717) is 12.1 Å². The van der Waals surface area contributed by atoms with Gasteiger partial charge in [0.2, 0.25) is 0 Å². The summed E-state index contributed by atoms with van der Waals surface area (Å²) in [6.45, 7) is 9.16. The number of hydrogen-bond acceptors (Lipinski definition) is 3. The van der Waals surface area contributed by atoms with Gasteiger partial charge in [0.15, 0.2) is 5.96 Å². The highest BCUT2D eigenvalue weighted by atomic mass is 127. The lowest BCUT2D eigenvalue weighted by Crippen LogP contribution is -2.38. The third-order valence-corrected chi connectivity index (χ3v) is 4.39. The summed E-state index contributed by atoms with van der Waals surface area (Å²) >= 11 is 0. The van der Waals surface area contributed by atoms with Gasteiger partial charge in [0.05, 0.1) is 6.54 Å². The van der Waals surface area contributed by atoms with E-state index in [1.807, 2.05) is 55.1 Å². The molecule has 0 aliphatic rings. The lowest BCUT2D eigenvalue weighted by atomic mass is 10.1. The number of rotatable bonds is 10. The molecule has 0 aliphatic heterocycles. The van der Waals surface area contributed by atoms with Crippen LogP contribution in [0.2, 0.25) is 0 Å². The van der Waals surface area contributed by atoms with Gasteiger partial charge in [0.1, 0.15) is 0 Å². The first-order valence-corrected chi connectivity index (χ1v) is 10.0. The first-order chi connectivity index (χ1) is 13.6. The SMILES string of the molecule is CCNC(=NCc1ccc(C(=O)NC(C)CC)cc1)NCCCn1cccn1.I. The van der Waals surface area contributed by atoms with Crippen LogP contribution in [0.15, 0.2) is 47.7 Å². The van der Waals surface area contributed by atoms with Crippen LogP contribution in [0, 0.1) is 0 Å². The van der Waals surface area contributed by atoms with Crippen molar-refractivity contribution in [2.45, 2.75) is 52.7 Å². The van der Waals surface area contributed by atoms with Gasteiger partial charge in [-0.15, -0.1) is 24.0 Å². The summed E-state index contributed by atoms with van der Waals surface area (Å²) < 4.78 is 1.92. The topological polar surface area (TPSA) is 83.3 Å². The lowest BCUT2D eigenvalue weighted by molar-refractivity contribution is 0.0939. The van der Waals surface area contributed by atoms with Gasteiger partial charge in [-0.05, 0) is 50.5 Å². The van der Waals surface area contributed by atoms with Crippen LogP contribution >= 0.6 is 24.0 Å². The first-order valence-electron chi connectivity index (χ1n) is 10.0. The van der Waals surface area contributed by atoms with Gasteiger partial charge in [-0.1, -0.05) is 19.1 Å². The van der Waals surface area contributed by atoms with Gasteiger partial charge in [0.25, 0.3) is 5.91 Å². The number of halogens is 1. The zero-order valence-electron chi connectivity index (χ0n) is 17.5. The maximum Gasteiger partial charge on any atom is 0.251 e. The molecule has 0 spiro atoms. The zero-order chi connectivity index (χ0) is 20.2. The second-order valence-corrected chi connectivity index (χ2v) is 6.72. The molecule has 2 aromatic rings. The number of carbonyl (C=O) groups is 1. The average molecular weight is 512 g/mol. The van der Waals surface area contributed by atoms with E-state index in [2.05, 4.69) is 33.0 Å². The van der Waals surface area contributed by atoms with Crippen molar-refractivity contribution in [1.29, 1.82) is 0 Å². The standard InChI is InChI=1S/C21H32N6O.HI/c1-4-17(3)26-20(28)19-10-8-18(9-11-19)16-24-21(22-5-2)23-12-6-14-27-15-7-13-25-27;/h7-11,13,15,17H,4-6,12,14,16H2,1-3H3,(H,26,28)(H2,22,23,24);1H. The van der Waals surface area contributed by atoms with E-state index in [4.69, 9.17) is 0 Å². The monoisotopic (exact) mass is 512 g/mol. The molecule has 1 unspecified atom stereocenters. The third kappa shape index (κ3) is 9.29. The van der Waals surface area contributed by atoms with Gasteiger partial charge < -0.3 is 16.0 Å². The van der Waals surface area contributed by atoms with E-state index in [1.165, 1.54) is 0 Å². The van der Waals surface area contributed by atoms with Crippen molar-refractivity contribution in [3.63, 3.8) is 0 Å². The molecule has 1 aromatic heterocycles. The summed E-state index contributed by atoms with van der Waals surface area (Å²) in [6, 6.07) is 9.73. The van der Waals surface area contributed by atoms with E-state index in [-0.39, 0.29) is 35.9 Å². The Hall–Kier alpha value is -2.10. The molecule has 0 radical (unpaired) electrons. The van der Waals surface area contributed by atoms with Crippen molar-refractivity contribution in [2.75, 3.05) is 13.1 Å². The molecule has 1 atom stereocenters. The summed E-state index contributed by atoms with van der Waals surface area (Å²) in [5.41, 5.74) is 1.74. The van der Waals surface area contributed by atoms with Crippen LogP contribution in [0.4, 0.5) is 0 Å². The number of aryl methyl sites for hydroxylation is 1. The fourth-order valence-corrected chi connectivity index (χ4v) is 2.56. The smallest absolute Gasteiger partial charge is 0.251 e. The molecule has 1 amide bonds. The van der Waals surface area contributed by atoms with Crippen molar-refractivity contribution in [3.8, 4) is 0 Å². The van der Waals surface area contributed by atoms with Crippen molar-refractivity contribution >= 4 is 35.8 Å². The minimum absolute atomic E-state index is 0. The lowest BCUT2D eigenvalue weighted by Gasteiger charge is -2.12. The number of nitrogens with zero attached hydrogens (tertiary/aromatic N) is 3. The summed E-state index contributed by atoms with van der Waals surface area (Å²) in [7, 11) is 0. The number of nitrogens with one attached hydrogen (secondary N) is 3. The Labute approximate surface area is 190 Å². The Bertz CT molecular complexity index is 730. The molecule has 29 heavy (non-hydrogen) atoms. The van der Waals surface area contributed by atoms with Crippen molar-refractivity contribution < 1.29 is 4.79 Å². The highest BCUT2D eigenvalue weighted by Gasteiger charge is 2.08. The minimum atomic E-state index is -0.0309. The molecule has 0 saturated heterocycles. The second kappa shape index (κ2) is 14.0. The molecule has 160 valence electrons. The molecule has 8 heteroatoms. The predicted molar refractivity (Wildman–Crippen MR) is 129 cm³/mol. The van der Waals surface area contributed by atoms with Crippen LogP contribution in [-0.2, 0) is 13.1 Å². The summed E-state index contributed by atoms with van der Waals surface area (Å²) in [6.07, 6.45) is 5.64. The zero-order valence-corrected chi connectivity index (χ0v) is 19.8. The van der Waals surface area contributed by atoms with Gasteiger partial charge in [-0.3, -0.25) is 9.48 Å². The number of carbonyl (C=O) groups excluding carboxylic acids is 1. The van der Waals surface area contributed by atoms with Crippen molar-refractivity contribution in [1.82, 2.24) is 25.7 Å². The van der Waals surface area contributed by atoms with Crippen molar-refractivity contribution in [2.24, 2.45) is 4.99 Å². The van der Waals surface area contributed by atoms with E-state index in [0.717, 1.165) is 44.0 Å². The molecule has 3 N–H and O–H groups in total. The average Bonchev–Trinajstić information content (AvgIpc) is 3.23. The Morgan fingerprint density at radius 1 is 1.21 bits per heavy atom. The van der Waals surface area contributed by atoms with Gasteiger partial charge in [-0.2, -0.15) is 5.10 Å². The quantitative estimate of drug-likeness (QED) is 0.198. The number of amides is 1. The maximum absolute atomic E-state index is 12.1. The molecular weight excluding hydrogens is 479 g/mol. The largest absolute Gasteiger partial charge is 0.357 e. The van der Waals surface area contributed by atoms with Crippen LogP contribution in [0.3, 0.4) is 0 Å². The van der Waals surface area contributed by atoms with Crippen LogP contribution < -0.4 is 16.0 Å². The highest BCUT2D eigenvalue weighted by molar-refractivity contribution is 14.0. The number of benzene rings is 1. The molecule has 1 aromatic carbocycles. The molecule has 0 fully saturated rings. The molecular formula is C21H33IN6O. The van der Waals surface area contributed by atoms with E-state index in [1.54, 1.807) is 6.20 Å². The number of aromatic nitrogens is 2. The normalized spacial score (nSPS) is 12.0. The summed E-state index contributed by atoms with van der Waals surface area (Å²) in [5.74, 6) is 0.762. The highest BCUT2D eigenvalue weighted by Crippen LogP contribution is 2.06. The van der Waals surface area contributed by atoms with Gasteiger partial charge in [-0.25, -0.2) is 4.99 Å². The minimum Gasteiger partial charge on any atom is -0.357 e. The van der Waals surface area contributed by atoms with E-state index >= 15 is 0 Å². The first kappa shape index (κ1) is 24.9. The van der Waals surface area contributed by atoms with E-state index in [9.17, 15) is 4.79 Å². The van der Waals surface area contributed by atoms with E-state index < -0.39 is 0 Å². The number of hydrogen-bond donors (Lipinski definition) is 3. The van der Waals surface area contributed by atoms with Gasteiger partial charge in [0, 0.05) is 43.6 Å². The molecule has 7 nitrogen and oxygen atoms in total. The Kier molecular flexibility index (Phi) is 12.0. The summed E-state index contributed by atoms with van der Waals surface area (Å²) in [5, 5.41) is 13.8. The fraction of sp³-hybridized carbons (Fsp3) is 0.476.